The van der Waals surface area contributed by atoms with Gasteiger partial charge in [-0.15, -0.1) is 11.3 Å². The molecule has 1 aliphatic carbocycles. The van der Waals surface area contributed by atoms with E-state index < -0.39 is 42.0 Å². The number of carbonyl (C=O) groups is 1. The number of hydrogen-bond donors (Lipinski definition) is 2. The number of carbonyl (C=O) groups excluding carboxylic acids is 1. The molecule has 31 heavy (non-hydrogen) atoms. The average Bonchev–Trinajstić information content (AvgIpc) is 3.37. The molecule has 8 nitrogen and oxygen atoms in total. The summed E-state index contributed by atoms with van der Waals surface area (Å²) in [5.74, 6) is 0. The summed E-state index contributed by atoms with van der Waals surface area (Å²) < 4.78 is 40.7. The maximum Gasteiger partial charge on any atom is 0.390 e. The quantitative estimate of drug-likeness (QED) is 0.646. The molecule has 1 fully saturated rings. The zero-order valence-corrected chi connectivity index (χ0v) is 18.6. The molecule has 0 aromatic carbocycles. The summed E-state index contributed by atoms with van der Waals surface area (Å²) in [6, 6.07) is -1.02. The number of primary amides is 1. The molecular weight excluding hydrogens is 435 g/mol. The first-order chi connectivity index (χ1) is 14.2. The van der Waals surface area contributed by atoms with E-state index in [0.717, 1.165) is 20.5 Å². The third kappa shape index (κ3) is 5.12. The highest BCUT2D eigenvalue weighted by atomic mass is 32.1. The minimum absolute atomic E-state index is 0.00805. The molecule has 2 amide bonds. The molecule has 1 aliphatic rings. The second-order valence-electron chi connectivity index (χ2n) is 8.82. The molecule has 0 atom stereocenters. The summed E-state index contributed by atoms with van der Waals surface area (Å²) in [5.41, 5.74) is 7.26. The Kier molecular flexibility index (Phi) is 6.00. The Morgan fingerprint density at radius 3 is 2.35 bits per heavy atom. The normalized spacial score (nSPS) is 14.9. The number of amides is 2. The second kappa shape index (κ2) is 7.97. The Balaban J connectivity index is 2.15. The van der Waals surface area contributed by atoms with E-state index in [1.807, 2.05) is 20.8 Å². The van der Waals surface area contributed by atoms with Gasteiger partial charge >= 0.3 is 17.9 Å². The van der Waals surface area contributed by atoms with Crippen molar-refractivity contribution in [1.82, 2.24) is 19.6 Å². The zero-order chi connectivity index (χ0) is 23.3. The van der Waals surface area contributed by atoms with Crippen LogP contribution in [0.4, 0.5) is 18.0 Å². The van der Waals surface area contributed by atoms with Gasteiger partial charge in [-0.05, 0) is 46.1 Å². The van der Waals surface area contributed by atoms with E-state index in [1.165, 1.54) is 5.01 Å². The van der Waals surface area contributed by atoms with Gasteiger partial charge in [0.25, 0.3) is 5.56 Å². The van der Waals surface area contributed by atoms with Gasteiger partial charge in [0, 0.05) is 23.0 Å². The molecule has 0 radical (unpaired) electrons. The van der Waals surface area contributed by atoms with E-state index in [-0.39, 0.29) is 22.8 Å². The van der Waals surface area contributed by atoms with Crippen LogP contribution in [-0.4, -0.2) is 31.9 Å². The van der Waals surface area contributed by atoms with Crippen LogP contribution < -0.4 is 22.4 Å². The Labute approximate surface area is 180 Å². The van der Waals surface area contributed by atoms with E-state index in [0.29, 0.717) is 23.3 Å². The number of aryl methyl sites for hydroxylation is 2. The van der Waals surface area contributed by atoms with Gasteiger partial charge in [-0.2, -0.15) is 13.2 Å². The summed E-state index contributed by atoms with van der Waals surface area (Å²) in [7, 11) is 0. The monoisotopic (exact) mass is 461 g/mol. The van der Waals surface area contributed by atoms with Crippen molar-refractivity contribution < 1.29 is 18.0 Å². The molecule has 2 heterocycles. The summed E-state index contributed by atoms with van der Waals surface area (Å²) in [6.07, 6.45) is -4.35. The molecular formula is C19H26F3N5O3S. The maximum atomic E-state index is 13.1. The Morgan fingerprint density at radius 2 is 1.87 bits per heavy atom. The number of halogens is 3. The number of alkyl halides is 3. The number of thiophene rings is 1. The summed E-state index contributed by atoms with van der Waals surface area (Å²) >= 11 is 1.03. The van der Waals surface area contributed by atoms with Gasteiger partial charge in [-0.1, -0.05) is 0 Å². The van der Waals surface area contributed by atoms with E-state index in [1.54, 1.807) is 6.92 Å². The van der Waals surface area contributed by atoms with Crippen molar-refractivity contribution in [1.29, 1.82) is 0 Å². The largest absolute Gasteiger partial charge is 0.390 e. The third-order valence-corrected chi connectivity index (χ3v) is 6.21. The maximum absolute atomic E-state index is 13.1. The molecule has 12 heteroatoms. The molecule has 3 rings (SSSR count). The number of nitrogens with zero attached hydrogens (tertiary/aromatic N) is 3. The Hall–Kier alpha value is -2.34. The van der Waals surface area contributed by atoms with Crippen LogP contribution in [-0.2, 0) is 13.1 Å². The lowest BCUT2D eigenvalue weighted by Gasteiger charge is -2.30. The first kappa shape index (κ1) is 23.3. The molecule has 1 saturated carbocycles. The fraction of sp³-hybridized carbons (Fsp3) is 0.632. The highest BCUT2D eigenvalue weighted by Gasteiger charge is 2.33. The fourth-order valence-corrected chi connectivity index (χ4v) is 4.68. The number of nitrogens with two attached hydrogens (primary N) is 1. The van der Waals surface area contributed by atoms with Gasteiger partial charge in [-0.3, -0.25) is 18.9 Å². The highest BCUT2D eigenvalue weighted by Crippen LogP contribution is 2.35. The van der Waals surface area contributed by atoms with Crippen molar-refractivity contribution in [3.8, 4) is 0 Å². The molecule has 0 unspecified atom stereocenters. The topological polar surface area (TPSA) is 102 Å². The number of hydrazine groups is 1. The SMILES string of the molecule is Cc1c(CN(NC(C)(C)C)C(N)=O)sc2c1c(=O)n(C1CC1)c(=O)n2CCC(F)(F)F. The fourth-order valence-electron chi connectivity index (χ4n) is 3.37. The van der Waals surface area contributed by atoms with Crippen LogP contribution in [0, 0.1) is 6.92 Å². The third-order valence-electron chi connectivity index (χ3n) is 4.91. The lowest BCUT2D eigenvalue weighted by Crippen LogP contribution is -2.53. The lowest BCUT2D eigenvalue weighted by molar-refractivity contribution is -0.136. The van der Waals surface area contributed by atoms with Crippen LogP contribution in [0.3, 0.4) is 0 Å². The molecule has 0 bridgehead atoms. The molecule has 3 N–H and O–H groups in total. The van der Waals surface area contributed by atoms with Crippen LogP contribution in [0.25, 0.3) is 10.2 Å². The van der Waals surface area contributed by atoms with Gasteiger partial charge in [0.2, 0.25) is 0 Å². The lowest BCUT2D eigenvalue weighted by atomic mass is 10.1. The minimum Gasteiger partial charge on any atom is -0.350 e. The number of nitrogens with one attached hydrogen (secondary N) is 1. The Bertz CT molecular complexity index is 1120. The number of fused-ring (bicyclic) bond motifs is 1. The van der Waals surface area contributed by atoms with Crippen molar-refractivity contribution in [2.24, 2.45) is 5.73 Å². The summed E-state index contributed by atoms with van der Waals surface area (Å²) in [4.78, 5) is 38.6. The molecule has 0 saturated heterocycles. The summed E-state index contributed by atoms with van der Waals surface area (Å²) in [6.45, 7) is 6.61. The van der Waals surface area contributed by atoms with Crippen LogP contribution >= 0.6 is 11.3 Å². The zero-order valence-electron chi connectivity index (χ0n) is 17.8. The van der Waals surface area contributed by atoms with E-state index in [2.05, 4.69) is 5.43 Å². The van der Waals surface area contributed by atoms with Crippen LogP contribution in [0.5, 0.6) is 0 Å². The highest BCUT2D eigenvalue weighted by molar-refractivity contribution is 7.18. The first-order valence-corrected chi connectivity index (χ1v) is 10.7. The summed E-state index contributed by atoms with van der Waals surface area (Å²) in [5, 5.41) is 1.41. The Morgan fingerprint density at radius 1 is 1.26 bits per heavy atom. The standard InChI is InChI=1S/C19H26F3N5O3S/c1-10-12(9-26(16(23)29)24-18(2,3)4)31-15-13(10)14(28)27(11-5-6-11)17(30)25(15)8-7-19(20,21)22/h11,24H,5-9H2,1-4H3,(H2,23,29). The average molecular weight is 462 g/mol. The smallest absolute Gasteiger partial charge is 0.350 e. The number of aromatic nitrogens is 2. The molecule has 2 aromatic rings. The van der Waals surface area contributed by atoms with Crippen molar-refractivity contribution in [3.63, 3.8) is 0 Å². The van der Waals surface area contributed by atoms with E-state index in [4.69, 9.17) is 5.73 Å². The van der Waals surface area contributed by atoms with Gasteiger partial charge < -0.3 is 5.73 Å². The van der Waals surface area contributed by atoms with Gasteiger partial charge in [0.1, 0.15) is 4.83 Å². The number of hydrogen-bond acceptors (Lipinski definition) is 5. The molecule has 0 aliphatic heterocycles. The van der Waals surface area contributed by atoms with Crippen molar-refractivity contribution in [2.45, 2.75) is 77.8 Å². The van der Waals surface area contributed by atoms with E-state index in [9.17, 15) is 27.6 Å². The van der Waals surface area contributed by atoms with Gasteiger partial charge in [0.15, 0.2) is 0 Å². The van der Waals surface area contributed by atoms with Crippen LogP contribution in [0.15, 0.2) is 9.59 Å². The predicted octanol–water partition coefficient (Wildman–Crippen LogP) is 3.00. The van der Waals surface area contributed by atoms with Crippen molar-refractivity contribution in [3.05, 3.63) is 31.3 Å². The molecule has 172 valence electrons. The van der Waals surface area contributed by atoms with Crippen molar-refractivity contribution >= 4 is 27.6 Å². The predicted molar refractivity (Wildman–Crippen MR) is 112 cm³/mol. The molecule has 2 aromatic heterocycles. The second-order valence-corrected chi connectivity index (χ2v) is 9.91. The van der Waals surface area contributed by atoms with E-state index >= 15 is 0 Å². The van der Waals surface area contributed by atoms with Crippen molar-refractivity contribution in [2.75, 3.05) is 0 Å². The van der Waals surface area contributed by atoms with Gasteiger partial charge in [-0.25, -0.2) is 15.0 Å². The van der Waals surface area contributed by atoms with Crippen LogP contribution in [0.1, 0.15) is 56.5 Å². The molecule has 0 spiro atoms. The van der Waals surface area contributed by atoms with Gasteiger partial charge in [0.05, 0.1) is 18.4 Å². The van der Waals surface area contributed by atoms with Crippen LogP contribution in [0.2, 0.25) is 0 Å². The number of rotatable bonds is 6. The minimum atomic E-state index is -4.44. The number of urea groups is 1. The first-order valence-electron chi connectivity index (χ1n) is 9.88.